The molecule has 14 heavy (non-hydrogen) atoms. The summed E-state index contributed by atoms with van der Waals surface area (Å²) in [5, 5.41) is 4.91. The normalized spacial score (nSPS) is 19.3. The summed E-state index contributed by atoms with van der Waals surface area (Å²) in [6.45, 7) is 4.34. The van der Waals surface area contributed by atoms with Gasteiger partial charge in [0.15, 0.2) is 0 Å². The molecule has 1 atom stereocenters. The monoisotopic (exact) mass is 228 g/mol. The van der Waals surface area contributed by atoms with Crippen molar-refractivity contribution in [1.29, 1.82) is 0 Å². The van der Waals surface area contributed by atoms with Crippen LogP contribution in [0.4, 0.5) is 0 Å². The van der Waals surface area contributed by atoms with E-state index in [1.165, 1.54) is 21.4 Å². The Morgan fingerprint density at radius 1 is 1.64 bits per heavy atom. The molecular weight excluding hydrogens is 212 g/mol. The molecule has 1 aromatic rings. The lowest BCUT2D eigenvalue weighted by Crippen LogP contribution is -2.42. The van der Waals surface area contributed by atoms with Crippen LogP contribution in [0.25, 0.3) is 0 Å². The van der Waals surface area contributed by atoms with Crippen LogP contribution in [0.3, 0.4) is 0 Å². The largest absolute Gasteiger partial charge is 0.303 e. The fourth-order valence-electron chi connectivity index (χ4n) is 1.51. The van der Waals surface area contributed by atoms with E-state index in [9.17, 15) is 0 Å². The maximum Gasteiger partial charge on any atom is 0.110 e. The predicted molar refractivity (Wildman–Crippen MR) is 64.1 cm³/mol. The molecule has 1 fully saturated rings. The number of aromatic nitrogens is 1. The lowest BCUT2D eigenvalue weighted by Gasteiger charge is -2.29. The zero-order valence-corrected chi connectivity index (χ0v) is 10.3. The maximum atomic E-state index is 4.45. The Labute approximate surface area is 93.5 Å². The van der Waals surface area contributed by atoms with Crippen molar-refractivity contribution in [3.63, 3.8) is 0 Å². The topological polar surface area (TPSA) is 24.9 Å². The molecule has 0 aromatic carbocycles. The minimum atomic E-state index is 0.472. The number of thiazole rings is 1. The van der Waals surface area contributed by atoms with Gasteiger partial charge in [-0.15, -0.1) is 11.3 Å². The van der Waals surface area contributed by atoms with Crippen LogP contribution in [0.15, 0.2) is 6.20 Å². The molecule has 2 heterocycles. The van der Waals surface area contributed by atoms with Gasteiger partial charge in [-0.2, -0.15) is 11.8 Å². The summed E-state index contributed by atoms with van der Waals surface area (Å²) >= 11 is 3.84. The quantitative estimate of drug-likeness (QED) is 0.857. The van der Waals surface area contributed by atoms with Gasteiger partial charge in [0.2, 0.25) is 0 Å². The molecule has 1 aliphatic heterocycles. The molecule has 1 unspecified atom stereocenters. The molecular formula is C10H16N2S2. The first kappa shape index (κ1) is 10.5. The summed E-state index contributed by atoms with van der Waals surface area (Å²) in [6, 6.07) is 1.19. The van der Waals surface area contributed by atoms with Crippen molar-refractivity contribution in [1.82, 2.24) is 10.3 Å². The van der Waals surface area contributed by atoms with Gasteiger partial charge in [-0.05, 0) is 13.3 Å². The van der Waals surface area contributed by atoms with E-state index in [1.54, 1.807) is 0 Å². The molecule has 78 valence electrons. The van der Waals surface area contributed by atoms with Crippen LogP contribution in [0.2, 0.25) is 0 Å². The second-order valence-corrected chi connectivity index (χ2v) is 6.01. The summed E-state index contributed by atoms with van der Waals surface area (Å²) in [7, 11) is 0. The molecule has 0 amide bonds. The highest BCUT2D eigenvalue weighted by Gasteiger charge is 2.22. The Bertz CT molecular complexity index is 294. The fraction of sp³-hybridized carbons (Fsp3) is 0.700. The summed E-state index contributed by atoms with van der Waals surface area (Å²) in [6.07, 6.45) is 3.11. The van der Waals surface area contributed by atoms with Crippen molar-refractivity contribution in [3.8, 4) is 0 Å². The van der Waals surface area contributed by atoms with Gasteiger partial charge >= 0.3 is 0 Å². The molecule has 0 saturated carbocycles. The first-order valence-corrected chi connectivity index (χ1v) is 7.03. The first-order valence-electron chi connectivity index (χ1n) is 5.05. The van der Waals surface area contributed by atoms with Crippen molar-refractivity contribution in [2.75, 3.05) is 11.5 Å². The Morgan fingerprint density at radius 3 is 2.86 bits per heavy atom. The first-order chi connectivity index (χ1) is 6.79. The highest BCUT2D eigenvalue weighted by atomic mass is 32.2. The van der Waals surface area contributed by atoms with E-state index in [0.717, 1.165) is 6.42 Å². The minimum absolute atomic E-state index is 0.472. The minimum Gasteiger partial charge on any atom is -0.303 e. The SMILES string of the molecule is CCC(NC1CSC1)c1ncc(C)s1. The summed E-state index contributed by atoms with van der Waals surface area (Å²) in [5.41, 5.74) is 0. The third-order valence-corrected chi connectivity index (χ3v) is 4.72. The number of rotatable bonds is 4. The number of thioether (sulfide) groups is 1. The lowest BCUT2D eigenvalue weighted by molar-refractivity contribution is 0.462. The van der Waals surface area contributed by atoms with Crippen molar-refractivity contribution in [2.24, 2.45) is 0 Å². The number of hydrogen-bond donors (Lipinski definition) is 1. The predicted octanol–water partition coefficient (Wildman–Crippen LogP) is 2.61. The third-order valence-electron chi connectivity index (χ3n) is 2.42. The highest BCUT2D eigenvalue weighted by molar-refractivity contribution is 8.00. The number of nitrogens with zero attached hydrogens (tertiary/aromatic N) is 1. The van der Waals surface area contributed by atoms with Crippen LogP contribution in [-0.4, -0.2) is 22.5 Å². The third kappa shape index (κ3) is 2.30. The Balaban J connectivity index is 1.97. The average molecular weight is 228 g/mol. The fourth-order valence-corrected chi connectivity index (χ4v) is 3.10. The second kappa shape index (κ2) is 4.64. The molecule has 0 bridgehead atoms. The van der Waals surface area contributed by atoms with Crippen LogP contribution in [0, 0.1) is 6.92 Å². The van der Waals surface area contributed by atoms with Gasteiger partial charge < -0.3 is 5.32 Å². The molecule has 1 N–H and O–H groups in total. The molecule has 2 rings (SSSR count). The van der Waals surface area contributed by atoms with Gasteiger partial charge in [0.1, 0.15) is 5.01 Å². The van der Waals surface area contributed by atoms with Crippen LogP contribution in [0.1, 0.15) is 29.3 Å². The summed E-state index contributed by atoms with van der Waals surface area (Å²) in [4.78, 5) is 5.76. The zero-order valence-electron chi connectivity index (χ0n) is 8.62. The van der Waals surface area contributed by atoms with Crippen LogP contribution < -0.4 is 5.32 Å². The molecule has 0 radical (unpaired) electrons. The average Bonchev–Trinajstić information content (AvgIpc) is 2.50. The van der Waals surface area contributed by atoms with Crippen molar-refractivity contribution in [2.45, 2.75) is 32.4 Å². The Morgan fingerprint density at radius 2 is 2.43 bits per heavy atom. The van der Waals surface area contributed by atoms with Crippen LogP contribution in [0.5, 0.6) is 0 Å². The lowest BCUT2D eigenvalue weighted by atomic mass is 10.2. The standard InChI is InChI=1S/C10H16N2S2/c1-3-9(12-8-5-13-6-8)10-11-4-7(2)14-10/h4,8-9,12H,3,5-6H2,1-2H3. The van der Waals surface area contributed by atoms with Gasteiger partial charge in [-0.1, -0.05) is 6.92 Å². The number of aryl methyl sites for hydroxylation is 1. The van der Waals surface area contributed by atoms with Crippen molar-refractivity contribution in [3.05, 3.63) is 16.1 Å². The van der Waals surface area contributed by atoms with E-state index in [1.807, 2.05) is 29.3 Å². The molecule has 1 aliphatic rings. The summed E-state index contributed by atoms with van der Waals surface area (Å²) < 4.78 is 0. The smallest absolute Gasteiger partial charge is 0.110 e. The zero-order chi connectivity index (χ0) is 9.97. The number of nitrogens with one attached hydrogen (secondary N) is 1. The Hall–Kier alpha value is -0.0600. The van der Waals surface area contributed by atoms with E-state index in [2.05, 4.69) is 24.1 Å². The van der Waals surface area contributed by atoms with E-state index in [-0.39, 0.29) is 0 Å². The van der Waals surface area contributed by atoms with Crippen molar-refractivity contribution < 1.29 is 0 Å². The van der Waals surface area contributed by atoms with Gasteiger partial charge in [0, 0.05) is 28.6 Å². The second-order valence-electron chi connectivity index (χ2n) is 3.67. The molecule has 0 spiro atoms. The molecule has 0 aliphatic carbocycles. The van der Waals surface area contributed by atoms with Gasteiger partial charge in [0.05, 0.1) is 6.04 Å². The van der Waals surface area contributed by atoms with Crippen LogP contribution >= 0.6 is 23.1 Å². The van der Waals surface area contributed by atoms with Gasteiger partial charge in [-0.25, -0.2) is 4.98 Å². The van der Waals surface area contributed by atoms with Crippen molar-refractivity contribution >= 4 is 23.1 Å². The van der Waals surface area contributed by atoms with E-state index < -0.39 is 0 Å². The highest BCUT2D eigenvalue weighted by Crippen LogP contribution is 2.26. The summed E-state index contributed by atoms with van der Waals surface area (Å²) in [5.74, 6) is 2.53. The molecule has 4 heteroatoms. The van der Waals surface area contributed by atoms with Gasteiger partial charge in [0.25, 0.3) is 0 Å². The maximum absolute atomic E-state index is 4.45. The van der Waals surface area contributed by atoms with E-state index >= 15 is 0 Å². The Kier molecular flexibility index (Phi) is 3.47. The molecule has 1 saturated heterocycles. The van der Waals surface area contributed by atoms with Crippen LogP contribution in [-0.2, 0) is 0 Å². The van der Waals surface area contributed by atoms with E-state index in [0.29, 0.717) is 12.1 Å². The van der Waals surface area contributed by atoms with E-state index in [4.69, 9.17) is 0 Å². The van der Waals surface area contributed by atoms with Gasteiger partial charge in [-0.3, -0.25) is 0 Å². The molecule has 2 nitrogen and oxygen atoms in total. The number of hydrogen-bond acceptors (Lipinski definition) is 4. The molecule has 1 aromatic heterocycles.